The molecule has 1 aromatic carbocycles. The van der Waals surface area contributed by atoms with E-state index in [4.69, 9.17) is 0 Å². The van der Waals surface area contributed by atoms with Gasteiger partial charge in [0.05, 0.1) is 11.0 Å². The lowest BCUT2D eigenvalue weighted by atomic mass is 10.2. The average molecular weight is 242 g/mol. The fraction of sp³-hybridized carbons (Fsp3) is 0.455. The van der Waals surface area contributed by atoms with Crippen molar-refractivity contribution in [3.05, 3.63) is 39.7 Å². The first-order valence-corrected chi connectivity index (χ1v) is 5.36. The average Bonchev–Trinajstić information content (AvgIpc) is 2.30. The maximum absolute atomic E-state index is 13.6. The summed E-state index contributed by atoms with van der Waals surface area (Å²) in [5, 5.41) is 22.6. The summed E-state index contributed by atoms with van der Waals surface area (Å²) in [5.74, 6) is -0.823. The van der Waals surface area contributed by atoms with Gasteiger partial charge in [-0.2, -0.15) is 4.39 Å². The number of hydrogen-bond donors (Lipinski definition) is 2. The molecule has 1 rings (SSSR count). The zero-order valence-electron chi connectivity index (χ0n) is 9.52. The van der Waals surface area contributed by atoms with Crippen molar-refractivity contribution in [2.75, 3.05) is 6.54 Å². The Morgan fingerprint density at radius 1 is 1.59 bits per heavy atom. The first kappa shape index (κ1) is 13.5. The monoisotopic (exact) mass is 242 g/mol. The molecule has 0 heterocycles. The molecule has 2 N–H and O–H groups in total. The minimum absolute atomic E-state index is 0.157. The third kappa shape index (κ3) is 3.76. The van der Waals surface area contributed by atoms with Crippen LogP contribution in [0.4, 0.5) is 10.1 Å². The van der Waals surface area contributed by atoms with Crippen LogP contribution in [-0.4, -0.2) is 22.7 Å². The highest BCUT2D eigenvalue weighted by Gasteiger charge is 2.16. The molecule has 1 unspecified atom stereocenters. The number of nitrogens with one attached hydrogen (secondary N) is 1. The Labute approximate surface area is 98.4 Å². The van der Waals surface area contributed by atoms with E-state index in [-0.39, 0.29) is 12.1 Å². The number of rotatable bonds is 6. The van der Waals surface area contributed by atoms with E-state index in [1.54, 1.807) is 0 Å². The Kier molecular flexibility index (Phi) is 4.99. The van der Waals surface area contributed by atoms with Gasteiger partial charge >= 0.3 is 5.69 Å². The van der Waals surface area contributed by atoms with Gasteiger partial charge in [0.1, 0.15) is 0 Å². The largest absolute Gasteiger partial charge is 0.392 e. The van der Waals surface area contributed by atoms with Crippen molar-refractivity contribution in [2.45, 2.75) is 26.0 Å². The number of hydrogen-bond acceptors (Lipinski definition) is 4. The van der Waals surface area contributed by atoms with Gasteiger partial charge in [0.25, 0.3) is 0 Å². The molecule has 0 fully saturated rings. The maximum atomic E-state index is 13.6. The van der Waals surface area contributed by atoms with Gasteiger partial charge in [0.2, 0.25) is 5.82 Å². The predicted molar refractivity (Wildman–Crippen MR) is 61.1 cm³/mol. The predicted octanol–water partition coefficient (Wildman–Crippen LogP) is 1.59. The highest BCUT2D eigenvalue weighted by Crippen LogP contribution is 2.19. The Morgan fingerprint density at radius 2 is 2.29 bits per heavy atom. The van der Waals surface area contributed by atoms with E-state index in [9.17, 15) is 19.6 Å². The molecule has 6 heteroatoms. The molecule has 0 aromatic heterocycles. The van der Waals surface area contributed by atoms with Gasteiger partial charge in [0.15, 0.2) is 0 Å². The minimum atomic E-state index is -0.823. The topological polar surface area (TPSA) is 75.4 Å². The molecule has 17 heavy (non-hydrogen) atoms. The molecule has 0 aliphatic carbocycles. The third-order valence-corrected chi connectivity index (χ3v) is 2.42. The van der Waals surface area contributed by atoms with E-state index in [0.717, 1.165) is 6.07 Å². The van der Waals surface area contributed by atoms with Gasteiger partial charge in [-0.05, 0) is 6.42 Å². The molecular formula is C11H15FN2O3. The number of aliphatic hydroxyl groups is 1. The summed E-state index contributed by atoms with van der Waals surface area (Å²) >= 11 is 0. The normalized spacial score (nSPS) is 12.4. The van der Waals surface area contributed by atoms with Crippen molar-refractivity contribution in [3.8, 4) is 0 Å². The fourth-order valence-corrected chi connectivity index (χ4v) is 1.36. The van der Waals surface area contributed by atoms with Crippen LogP contribution in [0.25, 0.3) is 0 Å². The van der Waals surface area contributed by atoms with E-state index in [1.807, 2.05) is 6.92 Å². The number of aliphatic hydroxyl groups excluding tert-OH is 1. The standard InChI is InChI=1S/C11H15FN2O3/c1-2-9(15)7-13-6-8-4-3-5-10(11(8)12)14(16)17/h3-5,9,13,15H,2,6-7H2,1H3. The summed E-state index contributed by atoms with van der Waals surface area (Å²) < 4.78 is 13.6. The Morgan fingerprint density at radius 3 is 2.88 bits per heavy atom. The number of nitrogens with zero attached hydrogens (tertiary/aromatic N) is 1. The lowest BCUT2D eigenvalue weighted by molar-refractivity contribution is -0.387. The highest BCUT2D eigenvalue weighted by molar-refractivity contribution is 5.36. The molecule has 0 aliphatic rings. The molecular weight excluding hydrogens is 227 g/mol. The van der Waals surface area contributed by atoms with Crippen LogP contribution in [0.2, 0.25) is 0 Å². The summed E-state index contributed by atoms with van der Waals surface area (Å²) in [6.45, 7) is 2.32. The van der Waals surface area contributed by atoms with Crippen LogP contribution in [-0.2, 0) is 6.54 Å². The van der Waals surface area contributed by atoms with Crippen LogP contribution in [0.3, 0.4) is 0 Å². The second-order valence-electron chi connectivity index (χ2n) is 3.70. The SMILES string of the molecule is CCC(O)CNCc1cccc([N+](=O)[O-])c1F. The smallest absolute Gasteiger partial charge is 0.305 e. The number of halogens is 1. The van der Waals surface area contributed by atoms with E-state index in [1.165, 1.54) is 12.1 Å². The van der Waals surface area contributed by atoms with Gasteiger partial charge < -0.3 is 10.4 Å². The summed E-state index contributed by atoms with van der Waals surface area (Å²) in [6.07, 6.45) is 0.112. The molecule has 0 saturated carbocycles. The van der Waals surface area contributed by atoms with Crippen LogP contribution < -0.4 is 5.32 Å². The van der Waals surface area contributed by atoms with Crippen molar-refractivity contribution in [1.29, 1.82) is 0 Å². The van der Waals surface area contributed by atoms with E-state index < -0.39 is 22.5 Å². The molecule has 5 nitrogen and oxygen atoms in total. The summed E-state index contributed by atoms with van der Waals surface area (Å²) in [6, 6.07) is 4.04. The van der Waals surface area contributed by atoms with E-state index in [2.05, 4.69) is 5.32 Å². The second-order valence-corrected chi connectivity index (χ2v) is 3.70. The van der Waals surface area contributed by atoms with E-state index in [0.29, 0.717) is 13.0 Å². The summed E-state index contributed by atoms with van der Waals surface area (Å²) in [7, 11) is 0. The Balaban J connectivity index is 2.66. The van der Waals surface area contributed by atoms with Crippen LogP contribution in [0.1, 0.15) is 18.9 Å². The number of nitro groups is 1. The molecule has 1 aromatic rings. The van der Waals surface area contributed by atoms with Crippen molar-refractivity contribution >= 4 is 5.69 Å². The van der Waals surface area contributed by atoms with Gasteiger partial charge in [-0.1, -0.05) is 19.1 Å². The van der Waals surface area contributed by atoms with Gasteiger partial charge in [0, 0.05) is 24.7 Å². The van der Waals surface area contributed by atoms with E-state index >= 15 is 0 Å². The molecule has 0 aliphatic heterocycles. The zero-order chi connectivity index (χ0) is 12.8. The van der Waals surface area contributed by atoms with Crippen LogP contribution >= 0.6 is 0 Å². The summed E-state index contributed by atoms with van der Waals surface area (Å²) in [5.41, 5.74) is -0.303. The third-order valence-electron chi connectivity index (χ3n) is 2.42. The van der Waals surface area contributed by atoms with Crippen LogP contribution in [0.15, 0.2) is 18.2 Å². The summed E-state index contributed by atoms with van der Waals surface area (Å²) in [4.78, 5) is 9.76. The van der Waals surface area contributed by atoms with Crippen LogP contribution in [0, 0.1) is 15.9 Å². The Hall–Kier alpha value is -1.53. The van der Waals surface area contributed by atoms with Crippen molar-refractivity contribution in [2.24, 2.45) is 0 Å². The molecule has 0 radical (unpaired) electrons. The van der Waals surface area contributed by atoms with Gasteiger partial charge in [-0.15, -0.1) is 0 Å². The van der Waals surface area contributed by atoms with Crippen LogP contribution in [0.5, 0.6) is 0 Å². The fourth-order valence-electron chi connectivity index (χ4n) is 1.36. The molecule has 94 valence electrons. The number of nitro benzene ring substituents is 1. The lowest BCUT2D eigenvalue weighted by Gasteiger charge is -2.09. The highest BCUT2D eigenvalue weighted by atomic mass is 19.1. The van der Waals surface area contributed by atoms with Gasteiger partial charge in [-0.25, -0.2) is 0 Å². The zero-order valence-corrected chi connectivity index (χ0v) is 9.52. The van der Waals surface area contributed by atoms with Crippen molar-refractivity contribution < 1.29 is 14.4 Å². The Bertz CT molecular complexity index is 398. The lowest BCUT2D eigenvalue weighted by Crippen LogP contribution is -2.26. The molecule has 1 atom stereocenters. The molecule has 0 saturated heterocycles. The molecule has 0 amide bonds. The quantitative estimate of drug-likeness (QED) is 0.586. The first-order chi connectivity index (χ1) is 8.06. The van der Waals surface area contributed by atoms with Gasteiger partial charge in [-0.3, -0.25) is 10.1 Å². The second kappa shape index (κ2) is 6.27. The first-order valence-electron chi connectivity index (χ1n) is 5.36. The minimum Gasteiger partial charge on any atom is -0.392 e. The van der Waals surface area contributed by atoms with Crippen molar-refractivity contribution in [3.63, 3.8) is 0 Å². The van der Waals surface area contributed by atoms with Crippen molar-refractivity contribution in [1.82, 2.24) is 5.32 Å². The maximum Gasteiger partial charge on any atom is 0.305 e. The number of benzene rings is 1. The molecule has 0 spiro atoms. The molecule has 0 bridgehead atoms.